The second-order valence-corrected chi connectivity index (χ2v) is 5.54. The van der Waals surface area contributed by atoms with Gasteiger partial charge in [-0.15, -0.1) is 5.10 Å². The highest BCUT2D eigenvalue weighted by Crippen LogP contribution is 2.22. The van der Waals surface area contributed by atoms with Crippen molar-refractivity contribution in [3.8, 4) is 0 Å². The zero-order valence-corrected chi connectivity index (χ0v) is 13.5. The molecule has 0 radical (unpaired) electrons. The van der Waals surface area contributed by atoms with Crippen molar-refractivity contribution < 1.29 is 4.42 Å². The number of anilines is 3. The lowest BCUT2D eigenvalue weighted by Gasteiger charge is -2.08. The lowest BCUT2D eigenvalue weighted by molar-refractivity contribution is 0.517. The van der Waals surface area contributed by atoms with Crippen LogP contribution < -0.4 is 10.6 Å². The van der Waals surface area contributed by atoms with Gasteiger partial charge in [-0.25, -0.2) is 0 Å². The number of hydrogen-bond donors (Lipinski definition) is 2. The topological polar surface area (TPSA) is 75.9 Å². The van der Waals surface area contributed by atoms with Crippen molar-refractivity contribution in [3.63, 3.8) is 0 Å². The van der Waals surface area contributed by atoms with Gasteiger partial charge in [0.25, 0.3) is 0 Å². The summed E-state index contributed by atoms with van der Waals surface area (Å²) in [6, 6.07) is 9.71. The molecule has 0 amide bonds. The summed E-state index contributed by atoms with van der Waals surface area (Å²) in [4.78, 5) is 4.37. The van der Waals surface area contributed by atoms with E-state index >= 15 is 0 Å². The third-order valence-corrected chi connectivity index (χ3v) is 3.88. The number of nitrogens with zero attached hydrogens (tertiary/aromatic N) is 3. The number of nitrogens with one attached hydrogen (secondary N) is 2. The Kier molecular flexibility index (Phi) is 4.34. The van der Waals surface area contributed by atoms with Crippen LogP contribution in [-0.2, 0) is 6.54 Å². The van der Waals surface area contributed by atoms with Crippen molar-refractivity contribution in [2.24, 2.45) is 0 Å². The van der Waals surface area contributed by atoms with E-state index in [-0.39, 0.29) is 0 Å². The van der Waals surface area contributed by atoms with Gasteiger partial charge in [0, 0.05) is 10.2 Å². The second kappa shape index (κ2) is 6.57. The minimum Gasteiger partial charge on any atom is -0.467 e. The maximum Gasteiger partial charge on any atom is 0.245 e. The van der Waals surface area contributed by atoms with Crippen LogP contribution in [0.5, 0.6) is 0 Å². The Bertz CT molecular complexity index is 760. The van der Waals surface area contributed by atoms with E-state index in [1.54, 1.807) is 12.5 Å². The molecule has 3 rings (SSSR count). The van der Waals surface area contributed by atoms with E-state index in [2.05, 4.69) is 41.7 Å². The van der Waals surface area contributed by atoms with Crippen molar-refractivity contribution in [2.45, 2.75) is 13.5 Å². The summed E-state index contributed by atoms with van der Waals surface area (Å²) in [5.74, 6) is 1.87. The van der Waals surface area contributed by atoms with Gasteiger partial charge in [0.05, 0.1) is 19.0 Å². The van der Waals surface area contributed by atoms with Crippen LogP contribution >= 0.6 is 15.9 Å². The Morgan fingerprint density at radius 1 is 1.27 bits per heavy atom. The molecular formula is C15H14BrN5O. The largest absolute Gasteiger partial charge is 0.467 e. The summed E-state index contributed by atoms with van der Waals surface area (Å²) < 4.78 is 6.32. The number of hydrogen-bond acceptors (Lipinski definition) is 6. The fourth-order valence-corrected chi connectivity index (χ4v) is 2.13. The SMILES string of the molecule is Cc1cc(Nc2cnnc(NCc3ccco3)n2)ccc1Br. The fourth-order valence-electron chi connectivity index (χ4n) is 1.89. The predicted octanol–water partition coefficient (Wildman–Crippen LogP) is 3.89. The summed E-state index contributed by atoms with van der Waals surface area (Å²) in [6.45, 7) is 2.54. The molecule has 22 heavy (non-hydrogen) atoms. The van der Waals surface area contributed by atoms with Gasteiger partial charge < -0.3 is 15.1 Å². The van der Waals surface area contributed by atoms with Crippen molar-refractivity contribution in [1.82, 2.24) is 15.2 Å². The third-order valence-electron chi connectivity index (χ3n) is 2.99. The molecule has 0 aliphatic rings. The van der Waals surface area contributed by atoms with Gasteiger partial charge >= 0.3 is 0 Å². The monoisotopic (exact) mass is 359 g/mol. The zero-order valence-electron chi connectivity index (χ0n) is 11.9. The van der Waals surface area contributed by atoms with E-state index in [4.69, 9.17) is 4.42 Å². The van der Waals surface area contributed by atoms with Crippen LogP contribution in [0.2, 0.25) is 0 Å². The smallest absolute Gasteiger partial charge is 0.245 e. The van der Waals surface area contributed by atoms with Crippen molar-refractivity contribution >= 4 is 33.4 Å². The number of rotatable bonds is 5. The predicted molar refractivity (Wildman–Crippen MR) is 88.0 cm³/mol. The second-order valence-electron chi connectivity index (χ2n) is 4.69. The van der Waals surface area contributed by atoms with Gasteiger partial charge in [-0.05, 0) is 42.8 Å². The molecule has 0 aliphatic carbocycles. The molecule has 0 bridgehead atoms. The molecule has 0 aliphatic heterocycles. The standard InChI is InChI=1S/C15H14BrN5O/c1-10-7-11(4-5-13(10)16)19-14-9-18-21-15(20-14)17-8-12-3-2-6-22-12/h2-7,9H,8H2,1H3,(H2,17,19,20,21). The summed E-state index contributed by atoms with van der Waals surface area (Å²) >= 11 is 3.48. The highest BCUT2D eigenvalue weighted by Gasteiger charge is 2.03. The summed E-state index contributed by atoms with van der Waals surface area (Å²) in [7, 11) is 0. The lowest BCUT2D eigenvalue weighted by atomic mass is 10.2. The molecule has 0 atom stereocenters. The Morgan fingerprint density at radius 3 is 2.95 bits per heavy atom. The maximum atomic E-state index is 5.25. The van der Waals surface area contributed by atoms with E-state index in [0.29, 0.717) is 18.3 Å². The average molecular weight is 360 g/mol. The van der Waals surface area contributed by atoms with Gasteiger partial charge in [0.15, 0.2) is 5.82 Å². The Morgan fingerprint density at radius 2 is 2.18 bits per heavy atom. The van der Waals surface area contributed by atoms with Crippen LogP contribution in [-0.4, -0.2) is 15.2 Å². The van der Waals surface area contributed by atoms with E-state index < -0.39 is 0 Å². The van der Waals surface area contributed by atoms with Crippen molar-refractivity contribution in [2.75, 3.05) is 10.6 Å². The average Bonchev–Trinajstić information content (AvgIpc) is 3.03. The summed E-state index contributed by atoms with van der Waals surface area (Å²) in [5, 5.41) is 14.2. The van der Waals surface area contributed by atoms with Gasteiger partial charge in [-0.1, -0.05) is 15.9 Å². The molecule has 0 saturated carbocycles. The number of aromatic nitrogens is 3. The van der Waals surface area contributed by atoms with Crippen LogP contribution in [0.1, 0.15) is 11.3 Å². The molecule has 2 aromatic heterocycles. The van der Waals surface area contributed by atoms with Crippen LogP contribution in [0, 0.1) is 6.92 Å². The first-order valence-electron chi connectivity index (χ1n) is 6.70. The molecule has 0 spiro atoms. The first-order chi connectivity index (χ1) is 10.7. The highest BCUT2D eigenvalue weighted by atomic mass is 79.9. The number of furan rings is 1. The fraction of sp³-hybridized carbons (Fsp3) is 0.133. The van der Waals surface area contributed by atoms with Gasteiger partial charge in [0.2, 0.25) is 5.95 Å². The molecular weight excluding hydrogens is 346 g/mol. The molecule has 0 fully saturated rings. The Labute approximate surface area is 136 Å². The van der Waals surface area contributed by atoms with E-state index in [9.17, 15) is 0 Å². The summed E-state index contributed by atoms with van der Waals surface area (Å²) in [6.07, 6.45) is 3.21. The first kappa shape index (κ1) is 14.5. The number of halogens is 1. The van der Waals surface area contributed by atoms with Crippen LogP contribution in [0.3, 0.4) is 0 Å². The number of benzene rings is 1. The van der Waals surface area contributed by atoms with E-state index in [1.165, 1.54) is 0 Å². The minimum atomic E-state index is 0.440. The van der Waals surface area contributed by atoms with Crippen molar-refractivity contribution in [3.05, 3.63) is 58.6 Å². The Balaban J connectivity index is 1.69. The molecule has 6 nitrogen and oxygen atoms in total. The Hall–Kier alpha value is -2.41. The van der Waals surface area contributed by atoms with Crippen LogP contribution in [0.15, 0.2) is 51.7 Å². The molecule has 2 N–H and O–H groups in total. The lowest BCUT2D eigenvalue weighted by Crippen LogP contribution is -2.06. The quantitative estimate of drug-likeness (QED) is 0.719. The normalized spacial score (nSPS) is 10.5. The highest BCUT2D eigenvalue weighted by molar-refractivity contribution is 9.10. The molecule has 7 heteroatoms. The molecule has 112 valence electrons. The van der Waals surface area contributed by atoms with Gasteiger partial charge in [-0.2, -0.15) is 10.1 Å². The molecule has 0 saturated heterocycles. The van der Waals surface area contributed by atoms with E-state index in [1.807, 2.05) is 37.3 Å². The van der Waals surface area contributed by atoms with Crippen LogP contribution in [0.4, 0.5) is 17.5 Å². The third kappa shape index (κ3) is 3.62. The summed E-state index contributed by atoms with van der Waals surface area (Å²) in [5.41, 5.74) is 2.08. The van der Waals surface area contributed by atoms with Crippen LogP contribution in [0.25, 0.3) is 0 Å². The zero-order chi connectivity index (χ0) is 15.4. The molecule has 0 unspecified atom stereocenters. The maximum absolute atomic E-state index is 5.25. The van der Waals surface area contributed by atoms with Gasteiger partial charge in [-0.3, -0.25) is 0 Å². The molecule has 2 heterocycles. The van der Waals surface area contributed by atoms with Gasteiger partial charge in [0.1, 0.15) is 5.76 Å². The first-order valence-corrected chi connectivity index (χ1v) is 7.49. The number of aryl methyl sites for hydroxylation is 1. The minimum absolute atomic E-state index is 0.440. The molecule has 1 aromatic carbocycles. The van der Waals surface area contributed by atoms with E-state index in [0.717, 1.165) is 21.5 Å². The molecule has 3 aromatic rings. The van der Waals surface area contributed by atoms with Crippen molar-refractivity contribution in [1.29, 1.82) is 0 Å².